The summed E-state index contributed by atoms with van der Waals surface area (Å²) in [5, 5.41) is 11.4. The molecule has 2 aliphatic carbocycles. The number of halogens is 1. The van der Waals surface area contributed by atoms with Crippen molar-refractivity contribution >= 4 is 52.5 Å². The Morgan fingerprint density at radius 3 is 2.53 bits per heavy atom. The van der Waals surface area contributed by atoms with Crippen molar-refractivity contribution in [1.29, 1.82) is 0 Å². The SMILES string of the molecule is COc1cc([C@H]2c3sc(=O)[nH]c3SC3C4CC(C5C(=O)N(C(CC(C)C)C(=O)O)C(=O)C45)C32)ccc1OCc1cccc(Cl)c1. The van der Waals surface area contributed by atoms with Crippen molar-refractivity contribution in [3.05, 3.63) is 73.2 Å². The predicted molar refractivity (Wildman–Crippen MR) is 170 cm³/mol. The van der Waals surface area contributed by atoms with Crippen molar-refractivity contribution in [1.82, 2.24) is 9.88 Å². The maximum atomic E-state index is 14.0. The molecule has 7 rings (SSSR count). The number of nitrogens with zero attached hydrogens (tertiary/aromatic N) is 1. The number of imide groups is 1. The highest BCUT2D eigenvalue weighted by atomic mass is 35.5. The van der Waals surface area contributed by atoms with Crippen molar-refractivity contribution in [3.63, 3.8) is 0 Å². The van der Waals surface area contributed by atoms with Gasteiger partial charge in [-0.1, -0.05) is 55.0 Å². The number of carboxylic acids is 1. The minimum atomic E-state index is -1.16. The number of fused-ring (bicyclic) bond motifs is 9. The van der Waals surface area contributed by atoms with E-state index < -0.39 is 23.8 Å². The van der Waals surface area contributed by atoms with E-state index in [2.05, 4.69) is 4.98 Å². The van der Waals surface area contributed by atoms with Gasteiger partial charge in [0, 0.05) is 21.1 Å². The average Bonchev–Trinajstić information content (AvgIpc) is 3.73. The van der Waals surface area contributed by atoms with Gasteiger partial charge in [0.1, 0.15) is 12.6 Å². The first-order chi connectivity index (χ1) is 21.6. The van der Waals surface area contributed by atoms with Crippen LogP contribution in [-0.2, 0) is 21.0 Å². The summed E-state index contributed by atoms with van der Waals surface area (Å²) < 4.78 is 11.9. The summed E-state index contributed by atoms with van der Waals surface area (Å²) in [7, 11) is 1.58. The molecule has 0 spiro atoms. The Kier molecular flexibility index (Phi) is 7.77. The van der Waals surface area contributed by atoms with E-state index in [4.69, 9.17) is 21.1 Å². The molecule has 2 aromatic carbocycles. The fourth-order valence-electron chi connectivity index (χ4n) is 8.27. The van der Waals surface area contributed by atoms with E-state index in [0.29, 0.717) is 23.1 Å². The molecule has 0 radical (unpaired) electrons. The zero-order valence-electron chi connectivity index (χ0n) is 24.9. The number of H-pyrrole nitrogens is 1. The van der Waals surface area contributed by atoms with Gasteiger partial charge in [-0.15, -0.1) is 11.8 Å². The third-order valence-electron chi connectivity index (χ3n) is 9.88. The Labute approximate surface area is 273 Å². The summed E-state index contributed by atoms with van der Waals surface area (Å²) in [6.07, 6.45) is 0.939. The molecule has 3 aromatic rings. The smallest absolute Gasteiger partial charge is 0.326 e. The van der Waals surface area contributed by atoms with Gasteiger partial charge < -0.3 is 19.6 Å². The number of rotatable bonds is 9. The molecular weight excluding hydrogens is 636 g/mol. The number of carbonyl (C=O) groups excluding carboxylic acids is 2. The van der Waals surface area contributed by atoms with Gasteiger partial charge in [-0.3, -0.25) is 19.3 Å². The van der Waals surface area contributed by atoms with Crippen LogP contribution in [0.4, 0.5) is 0 Å². The molecule has 1 saturated heterocycles. The number of hydrogen-bond acceptors (Lipinski definition) is 8. The number of amides is 2. The Balaban J connectivity index is 1.23. The molecule has 236 valence electrons. The Morgan fingerprint density at radius 1 is 1.09 bits per heavy atom. The van der Waals surface area contributed by atoms with Gasteiger partial charge in [0.2, 0.25) is 11.8 Å². The van der Waals surface area contributed by atoms with E-state index in [-0.39, 0.29) is 57.9 Å². The monoisotopic (exact) mass is 668 g/mol. The van der Waals surface area contributed by atoms with Gasteiger partial charge in [0.15, 0.2) is 11.5 Å². The molecule has 3 fully saturated rings. The molecule has 4 aliphatic rings. The van der Waals surface area contributed by atoms with Crippen LogP contribution in [0, 0.1) is 35.5 Å². The van der Waals surface area contributed by atoms with E-state index in [1.54, 1.807) is 24.9 Å². The molecule has 2 N–H and O–H groups in total. The third kappa shape index (κ3) is 4.98. The number of ether oxygens (including phenoxy) is 2. The largest absolute Gasteiger partial charge is 0.493 e. The Bertz CT molecular complexity index is 1750. The number of nitrogens with one attached hydrogen (secondary N) is 1. The number of hydrogen-bond donors (Lipinski definition) is 2. The van der Waals surface area contributed by atoms with Crippen molar-refractivity contribution in [2.75, 3.05) is 7.11 Å². The summed E-state index contributed by atoms with van der Waals surface area (Å²) in [6, 6.07) is 12.1. The highest BCUT2D eigenvalue weighted by Gasteiger charge is 2.70. The second-order valence-electron chi connectivity index (χ2n) is 12.8. The molecule has 7 unspecified atom stereocenters. The first-order valence-corrected chi connectivity index (χ1v) is 17.2. The summed E-state index contributed by atoms with van der Waals surface area (Å²) in [6.45, 7) is 4.09. The Hall–Kier alpha value is -3.28. The van der Waals surface area contributed by atoms with E-state index in [1.807, 2.05) is 50.2 Å². The molecule has 45 heavy (non-hydrogen) atoms. The van der Waals surface area contributed by atoms with Crippen molar-refractivity contribution in [2.24, 2.45) is 35.5 Å². The maximum Gasteiger partial charge on any atom is 0.326 e. The summed E-state index contributed by atoms with van der Waals surface area (Å²) in [5.41, 5.74) is 1.86. The normalized spacial score (nSPS) is 28.6. The minimum absolute atomic E-state index is 0.00572. The van der Waals surface area contributed by atoms with Crippen molar-refractivity contribution in [3.8, 4) is 11.5 Å². The number of aromatic amines is 1. The summed E-state index contributed by atoms with van der Waals surface area (Å²) in [4.78, 5) is 57.6. The van der Waals surface area contributed by atoms with E-state index in [1.165, 1.54) is 11.3 Å². The van der Waals surface area contributed by atoms with Crippen LogP contribution in [0.1, 0.15) is 48.6 Å². The molecule has 9 nitrogen and oxygen atoms in total. The van der Waals surface area contributed by atoms with Crippen LogP contribution in [0.5, 0.6) is 11.5 Å². The Morgan fingerprint density at radius 2 is 1.84 bits per heavy atom. The van der Waals surface area contributed by atoms with Gasteiger partial charge in [-0.05, 0) is 71.9 Å². The van der Waals surface area contributed by atoms with E-state index in [9.17, 15) is 24.3 Å². The predicted octanol–water partition coefficient (Wildman–Crippen LogP) is 5.65. The molecule has 1 aromatic heterocycles. The lowest BCUT2D eigenvalue weighted by molar-refractivity contribution is -0.156. The lowest BCUT2D eigenvalue weighted by Crippen LogP contribution is -2.47. The molecule has 2 aliphatic heterocycles. The molecule has 2 amide bonds. The molecule has 3 heterocycles. The minimum Gasteiger partial charge on any atom is -0.493 e. The van der Waals surface area contributed by atoms with Crippen LogP contribution >= 0.6 is 34.7 Å². The number of likely N-dealkylation sites (tertiary alicyclic amines) is 1. The quantitative estimate of drug-likeness (QED) is 0.280. The molecule has 12 heteroatoms. The van der Waals surface area contributed by atoms with Gasteiger partial charge in [-0.2, -0.15) is 0 Å². The van der Waals surface area contributed by atoms with Gasteiger partial charge >= 0.3 is 10.8 Å². The van der Waals surface area contributed by atoms with Crippen molar-refractivity contribution in [2.45, 2.75) is 55.5 Å². The highest BCUT2D eigenvalue weighted by Crippen LogP contribution is 2.68. The number of benzene rings is 2. The summed E-state index contributed by atoms with van der Waals surface area (Å²) >= 11 is 8.92. The highest BCUT2D eigenvalue weighted by molar-refractivity contribution is 8.00. The molecule has 2 saturated carbocycles. The topological polar surface area (TPSA) is 126 Å². The van der Waals surface area contributed by atoms with Crippen LogP contribution in [0.15, 0.2) is 52.3 Å². The fraction of sp³-hybridized carbons (Fsp3) is 0.455. The van der Waals surface area contributed by atoms with Crippen LogP contribution in [-0.4, -0.2) is 51.2 Å². The first-order valence-electron chi connectivity index (χ1n) is 15.1. The number of aliphatic carboxylic acids is 1. The van der Waals surface area contributed by atoms with Gasteiger partial charge in [0.25, 0.3) is 0 Å². The van der Waals surface area contributed by atoms with Crippen LogP contribution in [0.3, 0.4) is 0 Å². The summed E-state index contributed by atoms with van der Waals surface area (Å²) in [5.74, 6) is -2.26. The van der Waals surface area contributed by atoms with E-state index in [0.717, 1.165) is 32.4 Å². The first kappa shape index (κ1) is 30.4. The zero-order chi connectivity index (χ0) is 31.7. The lowest BCUT2D eigenvalue weighted by atomic mass is 9.68. The zero-order valence-corrected chi connectivity index (χ0v) is 27.3. The van der Waals surface area contributed by atoms with Gasteiger partial charge in [0.05, 0.1) is 24.0 Å². The molecule has 8 atom stereocenters. The van der Waals surface area contributed by atoms with Crippen LogP contribution in [0.2, 0.25) is 5.02 Å². The number of methoxy groups -OCH3 is 1. The average molecular weight is 669 g/mol. The maximum absolute atomic E-state index is 14.0. The number of carboxylic acid groups (broad SMARTS) is 1. The lowest BCUT2D eigenvalue weighted by Gasteiger charge is -2.43. The standard InChI is InChI=1S/C33H33ClN2O7S2/c1-14(2)9-20(32(39)40)36-30(37)25-18-12-19(26(25)31(36)38)27-24(18)23(28-29(44-27)35-33(41)45-28)16-7-8-21(22(11-16)42-3)43-13-15-5-4-6-17(34)10-15/h4-8,10-11,14,18-20,23-27H,9,12-13H2,1-3H3,(H,35,41)(H,39,40)/t18?,19?,20?,23-,24?,25?,26?,27?/m1/s1. The second-order valence-corrected chi connectivity index (χ2v) is 15.5. The fourth-order valence-corrected chi connectivity index (χ4v) is 11.4. The van der Waals surface area contributed by atoms with Crippen LogP contribution < -0.4 is 14.3 Å². The number of thiazole rings is 1. The third-order valence-corrected chi connectivity index (χ3v) is 12.7. The molecular formula is C33H33ClN2O7S2. The molecule has 2 bridgehead atoms. The van der Waals surface area contributed by atoms with Crippen molar-refractivity contribution < 1.29 is 29.0 Å². The number of carbonyl (C=O) groups is 3. The van der Waals surface area contributed by atoms with Crippen LogP contribution in [0.25, 0.3) is 0 Å². The number of aromatic nitrogens is 1. The second kappa shape index (κ2) is 11.5. The number of thioether (sulfide) groups is 1. The van der Waals surface area contributed by atoms with Gasteiger partial charge in [-0.25, -0.2) is 4.79 Å². The van der Waals surface area contributed by atoms with E-state index >= 15 is 0 Å².